The van der Waals surface area contributed by atoms with E-state index in [1.165, 1.54) is 23.9 Å². The van der Waals surface area contributed by atoms with E-state index in [4.69, 9.17) is 0 Å². The first-order valence-corrected chi connectivity index (χ1v) is 7.74. The Kier molecular flexibility index (Phi) is 5.39. The Morgan fingerprint density at radius 1 is 1.24 bits per heavy atom. The summed E-state index contributed by atoms with van der Waals surface area (Å²) >= 11 is 1.38. The van der Waals surface area contributed by atoms with Crippen LogP contribution in [0, 0.1) is 12.7 Å². The summed E-state index contributed by atoms with van der Waals surface area (Å²) in [7, 11) is 0. The van der Waals surface area contributed by atoms with Crippen LogP contribution in [-0.4, -0.2) is 16.3 Å². The van der Waals surface area contributed by atoms with E-state index >= 15 is 0 Å². The average molecular weight is 304 g/mol. The Bertz CT molecular complexity index is 613. The van der Waals surface area contributed by atoms with Crippen LogP contribution in [-0.2, 0) is 17.0 Å². The average Bonchev–Trinajstić information content (AvgIpc) is 2.46. The van der Waals surface area contributed by atoms with Crippen LogP contribution in [0.15, 0.2) is 48.5 Å². The molecule has 0 heterocycles. The number of halogens is 1. The van der Waals surface area contributed by atoms with Crippen molar-refractivity contribution in [2.45, 2.75) is 24.3 Å². The maximum Gasteiger partial charge on any atom is 0.316 e. The topological polar surface area (TPSA) is 37.3 Å². The van der Waals surface area contributed by atoms with Crippen LogP contribution >= 0.6 is 11.8 Å². The van der Waals surface area contributed by atoms with Gasteiger partial charge in [0.1, 0.15) is 11.1 Å². The molecule has 4 heteroatoms. The van der Waals surface area contributed by atoms with Crippen molar-refractivity contribution < 1.29 is 14.3 Å². The lowest BCUT2D eigenvalue weighted by Gasteiger charge is -2.13. The minimum atomic E-state index is -0.816. The van der Waals surface area contributed by atoms with Gasteiger partial charge in [-0.05, 0) is 42.2 Å². The number of benzene rings is 2. The van der Waals surface area contributed by atoms with Crippen LogP contribution in [0.4, 0.5) is 4.39 Å². The molecule has 2 nitrogen and oxygen atoms in total. The molecule has 110 valence electrons. The number of aryl methyl sites for hydroxylation is 1. The molecule has 0 saturated heterocycles. The van der Waals surface area contributed by atoms with Crippen molar-refractivity contribution in [3.8, 4) is 0 Å². The zero-order chi connectivity index (χ0) is 15.2. The number of hydrogen-bond donors (Lipinski definition) is 1. The van der Waals surface area contributed by atoms with E-state index < -0.39 is 11.2 Å². The maximum absolute atomic E-state index is 13.1. The highest BCUT2D eigenvalue weighted by atomic mass is 32.2. The Labute approximate surface area is 128 Å². The molecule has 0 aromatic heterocycles. The van der Waals surface area contributed by atoms with E-state index in [9.17, 15) is 14.3 Å². The van der Waals surface area contributed by atoms with Gasteiger partial charge >= 0.3 is 5.97 Å². The molecule has 0 fully saturated rings. The third-order valence-corrected chi connectivity index (χ3v) is 4.53. The number of thioether (sulfide) groups is 1. The van der Waals surface area contributed by atoms with Gasteiger partial charge in [0, 0.05) is 5.75 Å². The third kappa shape index (κ3) is 4.60. The van der Waals surface area contributed by atoms with Crippen LogP contribution < -0.4 is 0 Å². The lowest BCUT2D eigenvalue weighted by molar-refractivity contribution is -0.136. The number of carboxylic acids is 1. The van der Waals surface area contributed by atoms with Gasteiger partial charge in [0.25, 0.3) is 0 Å². The molecule has 1 unspecified atom stereocenters. The van der Waals surface area contributed by atoms with Crippen molar-refractivity contribution in [3.63, 3.8) is 0 Å². The standard InChI is InChI=1S/C17H17FO2S/c1-12-9-15(18)8-7-14(12)11-21-16(17(19)20)10-13-5-3-2-4-6-13/h2-9,16H,10-11H2,1H3,(H,19,20). The number of rotatable bonds is 6. The van der Waals surface area contributed by atoms with Crippen LogP contribution in [0.3, 0.4) is 0 Å². The first-order chi connectivity index (χ1) is 10.1. The molecule has 1 atom stereocenters. The fourth-order valence-corrected chi connectivity index (χ4v) is 3.21. The normalized spacial score (nSPS) is 12.1. The molecule has 0 bridgehead atoms. The molecule has 0 aliphatic heterocycles. The molecule has 21 heavy (non-hydrogen) atoms. The lowest BCUT2D eigenvalue weighted by atomic mass is 10.1. The highest BCUT2D eigenvalue weighted by Gasteiger charge is 2.19. The molecule has 1 N–H and O–H groups in total. The fraction of sp³-hybridized carbons (Fsp3) is 0.235. The van der Waals surface area contributed by atoms with E-state index in [1.807, 2.05) is 37.3 Å². The summed E-state index contributed by atoms with van der Waals surface area (Å²) in [4.78, 5) is 11.4. The Balaban J connectivity index is 2.02. The molecule has 2 rings (SSSR count). The summed E-state index contributed by atoms with van der Waals surface area (Å²) < 4.78 is 13.1. The summed E-state index contributed by atoms with van der Waals surface area (Å²) in [6.45, 7) is 1.84. The zero-order valence-electron chi connectivity index (χ0n) is 11.8. The monoisotopic (exact) mass is 304 g/mol. The smallest absolute Gasteiger partial charge is 0.316 e. The van der Waals surface area contributed by atoms with E-state index in [2.05, 4.69) is 0 Å². The van der Waals surface area contributed by atoms with E-state index in [0.717, 1.165) is 16.7 Å². The molecule has 0 radical (unpaired) electrons. The Hall–Kier alpha value is -1.81. The number of hydrogen-bond acceptors (Lipinski definition) is 2. The van der Waals surface area contributed by atoms with Crippen molar-refractivity contribution >= 4 is 17.7 Å². The van der Waals surface area contributed by atoms with E-state index in [-0.39, 0.29) is 5.82 Å². The molecule has 0 amide bonds. The van der Waals surface area contributed by atoms with Gasteiger partial charge in [0.2, 0.25) is 0 Å². The fourth-order valence-electron chi connectivity index (χ4n) is 2.06. The molecule has 0 aliphatic carbocycles. The summed E-state index contributed by atoms with van der Waals surface area (Å²) in [6, 6.07) is 14.2. The van der Waals surface area contributed by atoms with Crippen molar-refractivity contribution in [1.82, 2.24) is 0 Å². The molecular weight excluding hydrogens is 287 g/mol. The Morgan fingerprint density at radius 3 is 2.57 bits per heavy atom. The first kappa shape index (κ1) is 15.6. The quantitative estimate of drug-likeness (QED) is 0.874. The second-order valence-corrected chi connectivity index (χ2v) is 6.09. The summed E-state index contributed by atoms with van der Waals surface area (Å²) in [5.74, 6) is -0.514. The van der Waals surface area contributed by atoms with Crippen LogP contribution in [0.25, 0.3) is 0 Å². The zero-order valence-corrected chi connectivity index (χ0v) is 12.6. The SMILES string of the molecule is Cc1cc(F)ccc1CSC(Cc1ccccc1)C(=O)O. The van der Waals surface area contributed by atoms with Gasteiger partial charge in [-0.25, -0.2) is 4.39 Å². The Morgan fingerprint density at radius 2 is 1.95 bits per heavy atom. The van der Waals surface area contributed by atoms with Crippen molar-refractivity contribution in [2.24, 2.45) is 0 Å². The largest absolute Gasteiger partial charge is 0.480 e. The van der Waals surface area contributed by atoms with Gasteiger partial charge in [-0.15, -0.1) is 11.8 Å². The van der Waals surface area contributed by atoms with Gasteiger partial charge < -0.3 is 5.11 Å². The minimum Gasteiger partial charge on any atom is -0.480 e. The number of carboxylic acid groups (broad SMARTS) is 1. The third-order valence-electron chi connectivity index (χ3n) is 3.28. The molecule has 0 saturated carbocycles. The van der Waals surface area contributed by atoms with Crippen molar-refractivity contribution in [3.05, 3.63) is 71.0 Å². The number of aliphatic carboxylic acids is 1. The van der Waals surface area contributed by atoms with Gasteiger partial charge in [-0.3, -0.25) is 4.79 Å². The van der Waals surface area contributed by atoms with Crippen LogP contribution in [0.5, 0.6) is 0 Å². The molecule has 2 aromatic rings. The predicted octanol–water partition coefficient (Wildman–Crippen LogP) is 4.06. The first-order valence-electron chi connectivity index (χ1n) is 6.69. The summed E-state index contributed by atoms with van der Waals surface area (Å²) in [5, 5.41) is 8.84. The predicted molar refractivity (Wildman–Crippen MR) is 84.0 cm³/mol. The minimum absolute atomic E-state index is 0.264. The van der Waals surface area contributed by atoms with Crippen molar-refractivity contribution in [2.75, 3.05) is 0 Å². The van der Waals surface area contributed by atoms with E-state index in [0.29, 0.717) is 12.2 Å². The highest BCUT2D eigenvalue weighted by Crippen LogP contribution is 2.23. The number of carbonyl (C=O) groups is 1. The maximum atomic E-state index is 13.1. The molecular formula is C17H17FO2S. The molecule has 2 aromatic carbocycles. The van der Waals surface area contributed by atoms with Gasteiger partial charge in [-0.1, -0.05) is 36.4 Å². The highest BCUT2D eigenvalue weighted by molar-refractivity contribution is 7.99. The van der Waals surface area contributed by atoms with Crippen LogP contribution in [0.2, 0.25) is 0 Å². The van der Waals surface area contributed by atoms with Crippen molar-refractivity contribution in [1.29, 1.82) is 0 Å². The van der Waals surface area contributed by atoms with Gasteiger partial charge in [0.05, 0.1) is 0 Å². The second kappa shape index (κ2) is 7.27. The lowest BCUT2D eigenvalue weighted by Crippen LogP contribution is -2.19. The van der Waals surface area contributed by atoms with Gasteiger partial charge in [0.15, 0.2) is 0 Å². The molecule has 0 spiro atoms. The molecule has 0 aliphatic rings. The second-order valence-electron chi connectivity index (χ2n) is 4.90. The summed E-state index contributed by atoms with van der Waals surface area (Å²) in [6.07, 6.45) is 0.487. The van der Waals surface area contributed by atoms with Crippen LogP contribution in [0.1, 0.15) is 16.7 Å². The van der Waals surface area contributed by atoms with E-state index in [1.54, 1.807) is 6.07 Å². The summed E-state index contributed by atoms with van der Waals surface area (Å²) in [5.41, 5.74) is 2.83. The van der Waals surface area contributed by atoms with Gasteiger partial charge in [-0.2, -0.15) is 0 Å².